The molecule has 1 aliphatic heterocycles. The Bertz CT molecular complexity index is 518. The average molecular weight is 313 g/mol. The highest BCUT2D eigenvalue weighted by Crippen LogP contribution is 2.33. The van der Waals surface area contributed by atoms with Crippen molar-refractivity contribution in [3.05, 3.63) is 33.1 Å². The van der Waals surface area contributed by atoms with Crippen molar-refractivity contribution in [2.45, 2.75) is 19.4 Å². The zero-order valence-electron chi connectivity index (χ0n) is 8.51. The number of benzene rings is 1. The summed E-state index contributed by atoms with van der Waals surface area (Å²) in [6.45, 7) is 3.21. The smallest absolute Gasteiger partial charge is 0.135 e. The van der Waals surface area contributed by atoms with Crippen molar-refractivity contribution in [2.24, 2.45) is 0 Å². The molecule has 1 aromatic heterocycles. The third kappa shape index (κ3) is 1.49. The number of halogens is 1. The van der Waals surface area contributed by atoms with E-state index in [9.17, 15) is 0 Å². The molecule has 0 saturated carbocycles. The fourth-order valence-electron chi connectivity index (χ4n) is 2.26. The van der Waals surface area contributed by atoms with Gasteiger partial charge in [-0.25, -0.2) is 0 Å². The summed E-state index contributed by atoms with van der Waals surface area (Å²) in [6, 6.07) is 6.78. The molecule has 1 unspecified atom stereocenters. The Kier molecular flexibility index (Phi) is 2.25. The molecule has 15 heavy (non-hydrogen) atoms. The molecule has 1 atom stereocenters. The Hall–Kier alpha value is -0.550. The number of rotatable bonds is 0. The van der Waals surface area contributed by atoms with Crippen LogP contribution in [0.3, 0.4) is 0 Å². The van der Waals surface area contributed by atoms with Crippen molar-refractivity contribution in [1.29, 1.82) is 0 Å². The lowest BCUT2D eigenvalue weighted by Gasteiger charge is -2.18. The Morgan fingerprint density at radius 1 is 1.47 bits per heavy atom. The van der Waals surface area contributed by atoms with E-state index < -0.39 is 0 Å². The first kappa shape index (κ1) is 9.66. The molecule has 0 fully saturated rings. The van der Waals surface area contributed by atoms with Crippen molar-refractivity contribution in [3.63, 3.8) is 0 Å². The maximum atomic E-state index is 5.92. The number of hydrogen-bond donors (Lipinski definition) is 1. The van der Waals surface area contributed by atoms with E-state index in [2.05, 4.69) is 53.0 Å². The van der Waals surface area contributed by atoms with Crippen LogP contribution in [0.15, 0.2) is 22.6 Å². The standard InChI is InChI=1S/C12H12INO/c1-7-12-10(4-5-14-7)9-3-2-8(13)6-11(9)15-12/h2-3,6-7,14H,4-5H2,1H3. The first-order valence-electron chi connectivity index (χ1n) is 5.20. The van der Waals surface area contributed by atoms with Crippen molar-refractivity contribution >= 4 is 33.6 Å². The second-order valence-electron chi connectivity index (χ2n) is 4.01. The number of nitrogens with one attached hydrogen (secondary N) is 1. The fourth-order valence-corrected chi connectivity index (χ4v) is 2.72. The molecule has 3 rings (SSSR count). The van der Waals surface area contributed by atoms with Crippen LogP contribution in [0, 0.1) is 3.57 Å². The van der Waals surface area contributed by atoms with E-state index in [1.54, 1.807) is 0 Å². The van der Waals surface area contributed by atoms with Gasteiger partial charge in [0.1, 0.15) is 11.3 Å². The van der Waals surface area contributed by atoms with E-state index in [4.69, 9.17) is 4.42 Å². The predicted molar refractivity (Wildman–Crippen MR) is 69.1 cm³/mol. The predicted octanol–water partition coefficient (Wildman–Crippen LogP) is 3.24. The molecule has 2 nitrogen and oxygen atoms in total. The van der Waals surface area contributed by atoms with Gasteiger partial charge in [-0.2, -0.15) is 0 Å². The molecule has 2 heterocycles. The summed E-state index contributed by atoms with van der Waals surface area (Å²) in [6.07, 6.45) is 1.08. The van der Waals surface area contributed by atoms with E-state index in [0.29, 0.717) is 6.04 Å². The minimum atomic E-state index is 0.346. The Morgan fingerprint density at radius 3 is 3.20 bits per heavy atom. The van der Waals surface area contributed by atoms with Crippen molar-refractivity contribution in [2.75, 3.05) is 6.54 Å². The van der Waals surface area contributed by atoms with Gasteiger partial charge in [-0.3, -0.25) is 0 Å². The topological polar surface area (TPSA) is 25.2 Å². The van der Waals surface area contributed by atoms with Crippen LogP contribution in [0.2, 0.25) is 0 Å². The maximum Gasteiger partial charge on any atom is 0.135 e. The Balaban J connectivity index is 2.30. The van der Waals surface area contributed by atoms with E-state index in [-0.39, 0.29) is 0 Å². The summed E-state index contributed by atoms with van der Waals surface area (Å²) in [5.41, 5.74) is 2.43. The van der Waals surface area contributed by atoms with E-state index in [1.165, 1.54) is 14.5 Å². The summed E-state index contributed by atoms with van der Waals surface area (Å²) in [5, 5.41) is 4.71. The molecule has 0 spiro atoms. The molecule has 78 valence electrons. The molecular weight excluding hydrogens is 301 g/mol. The summed E-state index contributed by atoms with van der Waals surface area (Å²) in [7, 11) is 0. The number of fused-ring (bicyclic) bond motifs is 3. The molecule has 2 aromatic rings. The molecule has 0 bridgehead atoms. The third-order valence-electron chi connectivity index (χ3n) is 3.00. The van der Waals surface area contributed by atoms with Crippen LogP contribution in [-0.4, -0.2) is 6.54 Å². The van der Waals surface area contributed by atoms with E-state index >= 15 is 0 Å². The zero-order valence-corrected chi connectivity index (χ0v) is 10.7. The second-order valence-corrected chi connectivity index (χ2v) is 5.26. The fraction of sp³-hybridized carbons (Fsp3) is 0.333. The molecule has 0 saturated heterocycles. The molecule has 0 amide bonds. The Morgan fingerprint density at radius 2 is 2.33 bits per heavy atom. The molecule has 0 radical (unpaired) electrons. The SMILES string of the molecule is CC1NCCc2c1oc1cc(I)ccc21. The van der Waals surface area contributed by atoms with Gasteiger partial charge >= 0.3 is 0 Å². The highest BCUT2D eigenvalue weighted by molar-refractivity contribution is 14.1. The van der Waals surface area contributed by atoms with Crippen LogP contribution < -0.4 is 5.32 Å². The molecule has 0 aliphatic carbocycles. The highest BCUT2D eigenvalue weighted by atomic mass is 127. The van der Waals surface area contributed by atoms with Gasteiger partial charge in [0.15, 0.2) is 0 Å². The Labute approximate surface area is 102 Å². The number of furan rings is 1. The first-order valence-corrected chi connectivity index (χ1v) is 6.28. The van der Waals surface area contributed by atoms with Crippen LogP contribution in [0.4, 0.5) is 0 Å². The van der Waals surface area contributed by atoms with Crippen LogP contribution in [0.5, 0.6) is 0 Å². The van der Waals surface area contributed by atoms with Crippen molar-refractivity contribution < 1.29 is 4.42 Å². The molecule has 1 N–H and O–H groups in total. The first-order chi connectivity index (χ1) is 7.25. The number of hydrogen-bond acceptors (Lipinski definition) is 2. The minimum Gasteiger partial charge on any atom is -0.459 e. The summed E-state index contributed by atoms with van der Waals surface area (Å²) in [5.74, 6) is 1.12. The highest BCUT2D eigenvalue weighted by Gasteiger charge is 2.22. The second kappa shape index (κ2) is 3.49. The van der Waals surface area contributed by atoms with Gasteiger partial charge in [-0.15, -0.1) is 0 Å². The van der Waals surface area contributed by atoms with Crippen LogP contribution in [0.1, 0.15) is 24.3 Å². The van der Waals surface area contributed by atoms with Crippen molar-refractivity contribution in [1.82, 2.24) is 5.32 Å². The van der Waals surface area contributed by atoms with E-state index in [0.717, 1.165) is 24.3 Å². The van der Waals surface area contributed by atoms with Gasteiger partial charge < -0.3 is 9.73 Å². The van der Waals surface area contributed by atoms with Gasteiger partial charge in [0.05, 0.1) is 6.04 Å². The summed E-state index contributed by atoms with van der Waals surface area (Å²) >= 11 is 2.32. The lowest BCUT2D eigenvalue weighted by Crippen LogP contribution is -2.26. The average Bonchev–Trinajstić information content (AvgIpc) is 2.57. The molecule has 1 aliphatic rings. The van der Waals surface area contributed by atoms with Gasteiger partial charge in [0, 0.05) is 14.5 Å². The normalized spacial score (nSPS) is 20.5. The van der Waals surface area contributed by atoms with Crippen LogP contribution >= 0.6 is 22.6 Å². The van der Waals surface area contributed by atoms with Gasteiger partial charge in [0.2, 0.25) is 0 Å². The van der Waals surface area contributed by atoms with Gasteiger partial charge in [-0.1, -0.05) is 0 Å². The zero-order chi connectivity index (χ0) is 10.4. The lowest BCUT2D eigenvalue weighted by atomic mass is 10.0. The van der Waals surface area contributed by atoms with Gasteiger partial charge in [0.25, 0.3) is 0 Å². The maximum absolute atomic E-state index is 5.92. The minimum absolute atomic E-state index is 0.346. The molecule has 1 aromatic carbocycles. The van der Waals surface area contributed by atoms with Crippen molar-refractivity contribution in [3.8, 4) is 0 Å². The monoisotopic (exact) mass is 313 g/mol. The van der Waals surface area contributed by atoms with Gasteiger partial charge in [-0.05, 0) is 60.7 Å². The largest absolute Gasteiger partial charge is 0.459 e. The van der Waals surface area contributed by atoms with Crippen LogP contribution in [0.25, 0.3) is 11.0 Å². The quantitative estimate of drug-likeness (QED) is 0.755. The summed E-state index contributed by atoms with van der Waals surface area (Å²) in [4.78, 5) is 0. The van der Waals surface area contributed by atoms with Crippen LogP contribution in [-0.2, 0) is 6.42 Å². The molecule has 3 heteroatoms. The molecular formula is C12H12INO. The van der Waals surface area contributed by atoms with E-state index in [1.807, 2.05) is 0 Å². The third-order valence-corrected chi connectivity index (χ3v) is 3.68. The summed E-state index contributed by atoms with van der Waals surface area (Å²) < 4.78 is 7.14. The lowest BCUT2D eigenvalue weighted by molar-refractivity contribution is 0.426.